The van der Waals surface area contributed by atoms with Crippen LogP contribution < -0.4 is 138 Å². The molecule has 0 radical (unpaired) electrons. The number of halogens is 5. The van der Waals surface area contributed by atoms with Crippen LogP contribution in [0.5, 0.6) is 0 Å². The number of rotatable bonds is 0. The van der Waals surface area contributed by atoms with Crippen molar-refractivity contribution in [3.05, 3.63) is 0 Å². The monoisotopic (exact) mass is 662 g/mol. The van der Waals surface area contributed by atoms with Crippen LogP contribution in [0.2, 0.25) is 0 Å². The summed E-state index contributed by atoms with van der Waals surface area (Å²) in [5.41, 5.74) is 0. The van der Waals surface area contributed by atoms with Gasteiger partial charge >= 0.3 is 195 Å². The van der Waals surface area contributed by atoms with Crippen LogP contribution in [0.1, 0.15) is 0 Å². The quantitative estimate of drug-likeness (QED) is 0.202. The first-order valence-electron chi connectivity index (χ1n) is 0.904. The van der Waals surface area contributed by atoms with Gasteiger partial charge in [-0.2, -0.15) is 0 Å². The summed E-state index contributed by atoms with van der Waals surface area (Å²) in [6.07, 6.45) is 0. The van der Waals surface area contributed by atoms with Crippen molar-refractivity contribution in [1.82, 2.24) is 0 Å². The Balaban J connectivity index is -0.0000000412. The Morgan fingerprint density at radius 3 is 0.800 bits per heavy atom. The van der Waals surface area contributed by atoms with Crippen LogP contribution in [-0.2, 0) is 13.6 Å². The van der Waals surface area contributed by atoms with E-state index < -0.39 is 8.83 Å². The van der Waals surface area contributed by atoms with E-state index in [1.165, 1.54) is 0 Å². The Morgan fingerprint density at radius 1 is 0.800 bits per heavy atom. The summed E-state index contributed by atoms with van der Waals surface area (Å²) in [4.78, 5) is 7.75. The van der Waals surface area contributed by atoms with E-state index in [9.17, 15) is 0 Å². The van der Waals surface area contributed by atoms with Gasteiger partial charge in [0.1, 0.15) is 0 Å². The molecule has 0 spiro atoms. The van der Waals surface area contributed by atoms with Gasteiger partial charge in [-0.15, -0.1) is 0 Å². The van der Waals surface area contributed by atoms with E-state index in [0.717, 1.165) is 0 Å². The maximum atomic E-state index is 7.75. The van der Waals surface area contributed by atoms with Gasteiger partial charge in [0, 0.05) is 0 Å². The largest absolute Gasteiger partial charge is 1.00 e. The minimum atomic E-state index is -4.29. The summed E-state index contributed by atoms with van der Waals surface area (Å²) in [6.45, 7) is 3.25. The second-order valence-electron chi connectivity index (χ2n) is 0.505. The molecule has 55 valence electrons. The molecule has 0 atom stereocenters. The predicted molar refractivity (Wildman–Crippen MR) is 36.0 cm³/mol. The average Bonchev–Trinajstić information content (AvgIpc) is 1.33. The third-order valence-corrected chi connectivity index (χ3v) is 0. The molecule has 0 aromatic heterocycles. The van der Waals surface area contributed by atoms with Crippen LogP contribution >= 0.6 is 48.2 Å². The van der Waals surface area contributed by atoms with E-state index in [1.807, 2.05) is 0 Å². The second kappa shape index (κ2) is 11.3. The Morgan fingerprint density at radius 2 is 0.800 bits per heavy atom. The molecule has 0 heterocycles. The first-order chi connectivity index (χ1) is 3.24. The van der Waals surface area contributed by atoms with Crippen molar-refractivity contribution in [2.45, 2.75) is 0 Å². The molecule has 0 N–H and O–H groups in total. The van der Waals surface area contributed by atoms with Gasteiger partial charge in [0.15, 0.2) is 0 Å². The molecule has 0 saturated heterocycles. The van der Waals surface area contributed by atoms with E-state index in [4.69, 9.17) is 53.0 Å². The first-order valence-corrected chi connectivity index (χ1v) is 16.6. The zero-order chi connectivity index (χ0) is 7.45. The normalized spacial score (nSPS) is 11.9. The van der Waals surface area contributed by atoms with Crippen molar-refractivity contribution < 1.29 is 151 Å². The van der Waals surface area contributed by atoms with E-state index >= 15 is 0 Å². The van der Waals surface area contributed by atoms with E-state index in [0.29, 0.717) is 0 Å². The Labute approximate surface area is 199 Å². The molecule has 0 amide bonds. The summed E-state index contributed by atoms with van der Waals surface area (Å²) in [5, 5.41) is 0. The standard InChI is InChI=1S/CHO.5ClH.2Cs.Os/c1-2;;;;;;;;/h1H;5*1H;;;/q-1;;;;;;2*+1;+5/p-5. The molecule has 0 aromatic carbocycles. The fourth-order valence-electron chi connectivity index (χ4n) is 0. The SMILES string of the molecule is [CH-]=O.[Cl][Os]([Cl])([Cl])([Cl])[Cl].[Cs+].[Cs+]. The summed E-state index contributed by atoms with van der Waals surface area (Å²) >= 11 is 0. The molecule has 0 bridgehead atoms. The van der Waals surface area contributed by atoms with E-state index in [2.05, 4.69) is 6.79 Å². The molecular weight excluding hydrogens is 661 g/mol. The van der Waals surface area contributed by atoms with Gasteiger partial charge < -0.3 is 4.79 Å². The summed E-state index contributed by atoms with van der Waals surface area (Å²) in [6, 6.07) is 0. The summed E-state index contributed by atoms with van der Waals surface area (Å²) in [5.74, 6) is 0. The van der Waals surface area contributed by atoms with Gasteiger partial charge in [-0.05, 0) is 0 Å². The van der Waals surface area contributed by atoms with Crippen molar-refractivity contribution in [1.29, 1.82) is 0 Å². The van der Waals surface area contributed by atoms with Gasteiger partial charge in [0.25, 0.3) is 0 Å². The van der Waals surface area contributed by atoms with Gasteiger partial charge in [-0.3, -0.25) is 6.79 Å². The van der Waals surface area contributed by atoms with Crippen LogP contribution in [0, 0.1) is 0 Å². The van der Waals surface area contributed by atoms with Gasteiger partial charge in [-0.25, -0.2) is 0 Å². The molecule has 1 nitrogen and oxygen atoms in total. The van der Waals surface area contributed by atoms with Crippen LogP contribution in [0.4, 0.5) is 0 Å². The topological polar surface area (TPSA) is 17.1 Å². The maximum Gasteiger partial charge on any atom is 1.00 e. The summed E-state index contributed by atoms with van der Waals surface area (Å²) in [7, 11) is 20.9. The van der Waals surface area contributed by atoms with Crippen molar-refractivity contribution >= 4 is 55.0 Å². The van der Waals surface area contributed by atoms with Gasteiger partial charge in [0.2, 0.25) is 0 Å². The molecular formula is CHCl5Cs2OOs+. The number of hydrogen-bond donors (Lipinski definition) is 0. The molecule has 0 aliphatic heterocycles. The molecule has 0 aliphatic rings. The number of carbonyl (C=O) groups excluding carboxylic acids is 1. The Hall–Kier alpha value is 5.86. The molecule has 10 heavy (non-hydrogen) atoms. The third-order valence-electron chi connectivity index (χ3n) is 0. The van der Waals surface area contributed by atoms with Crippen molar-refractivity contribution in [3.63, 3.8) is 0 Å². The van der Waals surface area contributed by atoms with E-state index in [1.54, 1.807) is 0 Å². The van der Waals surface area contributed by atoms with E-state index in [-0.39, 0.29) is 138 Å². The molecule has 0 saturated carbocycles. The van der Waals surface area contributed by atoms with Crippen LogP contribution in [0.25, 0.3) is 0 Å². The fraction of sp³-hybridized carbons (Fsp3) is 0. The van der Waals surface area contributed by atoms with Gasteiger partial charge in [0.05, 0.1) is 0 Å². The van der Waals surface area contributed by atoms with Crippen molar-refractivity contribution in [2.75, 3.05) is 0 Å². The zero-order valence-corrected chi connectivity index (χ0v) is 24.1. The minimum Gasteiger partial charge on any atom is 1.00 e. The smallest absolute Gasteiger partial charge is 1.00 e. The van der Waals surface area contributed by atoms with Crippen LogP contribution in [-0.4, -0.2) is 6.79 Å². The Bertz CT molecular complexity index is 62.5. The fourth-order valence-corrected chi connectivity index (χ4v) is 0. The maximum absolute atomic E-state index is 7.75. The molecule has 0 aromatic rings. The van der Waals surface area contributed by atoms with Crippen LogP contribution in [0.15, 0.2) is 0 Å². The second-order valence-corrected chi connectivity index (χ2v) is 37.2. The minimum absolute atomic E-state index is 0. The van der Waals surface area contributed by atoms with Gasteiger partial charge in [-0.1, -0.05) is 0 Å². The van der Waals surface area contributed by atoms with Crippen LogP contribution in [0.3, 0.4) is 0 Å². The molecule has 0 rings (SSSR count). The Kier molecular flexibility index (Phi) is 28.3. The first kappa shape index (κ1) is 24.9. The molecule has 0 fully saturated rings. The van der Waals surface area contributed by atoms with Crippen molar-refractivity contribution in [2.24, 2.45) is 0 Å². The number of hydrogen-bond acceptors (Lipinski definition) is 1. The molecule has 9 heteroatoms. The third kappa shape index (κ3) is 66.7. The zero-order valence-electron chi connectivity index (χ0n) is 5.23. The summed E-state index contributed by atoms with van der Waals surface area (Å²) < 4.78 is 0. The van der Waals surface area contributed by atoms with Crippen molar-refractivity contribution in [3.8, 4) is 0 Å². The average molecular weight is 662 g/mol. The molecule has 0 aliphatic carbocycles. The molecule has 0 unspecified atom stereocenters. The predicted octanol–water partition coefficient (Wildman–Crippen LogP) is -2.82.